The van der Waals surface area contributed by atoms with Crippen LogP contribution in [-0.2, 0) is 16.3 Å². The van der Waals surface area contributed by atoms with Crippen molar-refractivity contribution < 1.29 is 9.42 Å². The standard InChI is InChI=1S/C4H11O2PS2.Al.3H/c1-3-6-7(5,8)9-4-2;;;;/h3-4H2,1-2H3,(H,5,8);;;;. The molecule has 0 fully saturated rings. The molecule has 0 saturated heterocycles. The largest absolute Gasteiger partial charge is 0.337 e. The Morgan fingerprint density at radius 3 is 2.40 bits per heavy atom. The Morgan fingerprint density at radius 2 is 2.10 bits per heavy atom. The molecular weight excluding hydrogens is 202 g/mol. The van der Waals surface area contributed by atoms with Crippen LogP contribution in [0.3, 0.4) is 0 Å². The van der Waals surface area contributed by atoms with Gasteiger partial charge in [-0.2, -0.15) is 0 Å². The Hall–Kier alpha value is 1.45. The Labute approximate surface area is 81.8 Å². The minimum Gasteiger partial charge on any atom is -0.337 e. The lowest BCUT2D eigenvalue weighted by atomic mass is 10.9. The first-order valence-corrected chi connectivity index (χ1v) is 7.00. The second-order valence-electron chi connectivity index (χ2n) is 1.30. The highest BCUT2D eigenvalue weighted by atomic mass is 32.9. The van der Waals surface area contributed by atoms with Crippen LogP contribution in [0, 0.1) is 0 Å². The van der Waals surface area contributed by atoms with E-state index in [1.807, 2.05) is 13.8 Å². The molecule has 1 unspecified atom stereocenters. The highest BCUT2D eigenvalue weighted by Gasteiger charge is 2.10. The van der Waals surface area contributed by atoms with Gasteiger partial charge in [0.1, 0.15) is 0 Å². The minimum atomic E-state index is -2.44. The second kappa shape index (κ2) is 7.12. The first kappa shape index (κ1) is 14.0. The lowest BCUT2D eigenvalue weighted by Gasteiger charge is -2.11. The molecule has 6 heteroatoms. The molecule has 0 bridgehead atoms. The summed E-state index contributed by atoms with van der Waals surface area (Å²) in [5.41, 5.74) is -2.44. The summed E-state index contributed by atoms with van der Waals surface area (Å²) in [7, 11) is 0. The third kappa shape index (κ3) is 7.56. The van der Waals surface area contributed by atoms with Gasteiger partial charge in [-0.05, 0) is 24.5 Å². The topological polar surface area (TPSA) is 29.5 Å². The van der Waals surface area contributed by atoms with E-state index in [1.54, 1.807) is 0 Å². The van der Waals surface area contributed by atoms with Crippen LogP contribution in [0.4, 0.5) is 0 Å². The third-order valence-corrected chi connectivity index (χ3v) is 5.09. The molecule has 1 atom stereocenters. The first-order valence-electron chi connectivity index (χ1n) is 2.74. The van der Waals surface area contributed by atoms with Crippen LogP contribution in [0.25, 0.3) is 0 Å². The lowest BCUT2D eigenvalue weighted by Crippen LogP contribution is -1.83. The molecule has 62 valence electrons. The lowest BCUT2D eigenvalue weighted by molar-refractivity contribution is 0.341. The van der Waals surface area contributed by atoms with E-state index < -0.39 is 5.69 Å². The van der Waals surface area contributed by atoms with Crippen molar-refractivity contribution in [3.05, 3.63) is 0 Å². The van der Waals surface area contributed by atoms with Gasteiger partial charge >= 0.3 is 0 Å². The van der Waals surface area contributed by atoms with Crippen LogP contribution >= 0.6 is 17.1 Å². The summed E-state index contributed by atoms with van der Waals surface area (Å²) < 4.78 is 4.91. The van der Waals surface area contributed by atoms with E-state index >= 15 is 0 Å². The van der Waals surface area contributed by atoms with E-state index in [4.69, 9.17) is 16.3 Å². The van der Waals surface area contributed by atoms with Gasteiger partial charge < -0.3 is 9.42 Å². The molecule has 0 spiro atoms. The van der Waals surface area contributed by atoms with Crippen LogP contribution in [0.5, 0.6) is 0 Å². The van der Waals surface area contributed by atoms with E-state index in [2.05, 4.69) is 0 Å². The fourth-order valence-corrected chi connectivity index (χ4v) is 3.87. The zero-order valence-electron chi connectivity index (χ0n) is 5.53. The molecule has 10 heavy (non-hydrogen) atoms. The van der Waals surface area contributed by atoms with Crippen LogP contribution in [0.2, 0.25) is 0 Å². The maximum absolute atomic E-state index is 9.18. The monoisotopic (exact) mass is 216 g/mol. The van der Waals surface area contributed by atoms with E-state index in [0.29, 0.717) is 6.61 Å². The molecule has 2 nitrogen and oxygen atoms in total. The smallest absolute Gasteiger partial charge is 0.244 e. The maximum Gasteiger partial charge on any atom is 0.244 e. The summed E-state index contributed by atoms with van der Waals surface area (Å²) in [6, 6.07) is 0. The average Bonchev–Trinajstić information content (AvgIpc) is 1.64. The van der Waals surface area contributed by atoms with Gasteiger partial charge in [-0.15, -0.1) is 0 Å². The van der Waals surface area contributed by atoms with Crippen LogP contribution in [0.1, 0.15) is 13.8 Å². The van der Waals surface area contributed by atoms with Gasteiger partial charge in [-0.25, -0.2) is 0 Å². The summed E-state index contributed by atoms with van der Waals surface area (Å²) in [6.45, 7) is 4.27. The Balaban J connectivity index is 0. The van der Waals surface area contributed by atoms with Gasteiger partial charge in [0, 0.05) is 0 Å². The van der Waals surface area contributed by atoms with Gasteiger partial charge in [0.05, 0.1) is 6.61 Å². The van der Waals surface area contributed by atoms with Crippen LogP contribution < -0.4 is 0 Å². The minimum absolute atomic E-state index is 0. The van der Waals surface area contributed by atoms with Gasteiger partial charge in [0.15, 0.2) is 17.4 Å². The molecule has 0 heterocycles. The summed E-state index contributed by atoms with van der Waals surface area (Å²) in [4.78, 5) is 9.18. The second-order valence-corrected chi connectivity index (χ2v) is 7.77. The maximum atomic E-state index is 9.18. The SMILES string of the molecule is CCOP(O)(=S)SCC.[AlH3]. The molecule has 0 aliphatic carbocycles. The first-order chi connectivity index (χ1) is 4.12. The molecule has 0 aromatic heterocycles. The van der Waals surface area contributed by atoms with E-state index in [1.165, 1.54) is 11.4 Å². The molecule has 0 amide bonds. The van der Waals surface area contributed by atoms with E-state index in [-0.39, 0.29) is 17.4 Å². The Kier molecular flexibility index (Phi) is 9.97. The number of rotatable bonds is 4. The van der Waals surface area contributed by atoms with Crippen molar-refractivity contribution in [3.8, 4) is 0 Å². The number of hydrogen-bond acceptors (Lipinski definition) is 3. The van der Waals surface area contributed by atoms with Crippen molar-refractivity contribution >= 4 is 46.2 Å². The van der Waals surface area contributed by atoms with Crippen molar-refractivity contribution in [1.82, 2.24) is 0 Å². The summed E-state index contributed by atoms with van der Waals surface area (Å²) in [6.07, 6.45) is 0. The van der Waals surface area contributed by atoms with Gasteiger partial charge in [-0.3, -0.25) is 0 Å². The highest BCUT2D eigenvalue weighted by molar-refractivity contribution is 8.67. The Bertz CT molecular complexity index is 112. The molecular formula is C4H14AlO2PS2. The molecule has 0 aromatic carbocycles. The predicted molar refractivity (Wildman–Crippen MR) is 56.2 cm³/mol. The van der Waals surface area contributed by atoms with Crippen molar-refractivity contribution in [3.63, 3.8) is 0 Å². The fraction of sp³-hybridized carbons (Fsp3) is 1.00. The van der Waals surface area contributed by atoms with Crippen molar-refractivity contribution in [1.29, 1.82) is 0 Å². The molecule has 0 aromatic rings. The van der Waals surface area contributed by atoms with E-state index in [9.17, 15) is 4.89 Å². The van der Waals surface area contributed by atoms with Gasteiger partial charge in [0.25, 0.3) is 0 Å². The van der Waals surface area contributed by atoms with Crippen LogP contribution in [0.15, 0.2) is 0 Å². The Morgan fingerprint density at radius 1 is 1.60 bits per heavy atom. The molecule has 0 rings (SSSR count). The number of hydrogen-bond donors (Lipinski definition) is 1. The van der Waals surface area contributed by atoms with Gasteiger partial charge in [0.2, 0.25) is 5.69 Å². The zero-order chi connectivity index (χ0) is 7.33. The summed E-state index contributed by atoms with van der Waals surface area (Å²) >= 11 is 6.07. The van der Waals surface area contributed by atoms with Crippen molar-refractivity contribution in [2.24, 2.45) is 0 Å². The van der Waals surface area contributed by atoms with Crippen molar-refractivity contribution in [2.45, 2.75) is 13.8 Å². The summed E-state index contributed by atoms with van der Waals surface area (Å²) in [5.74, 6) is 0.813. The fourth-order valence-electron chi connectivity index (χ4n) is 0.364. The van der Waals surface area contributed by atoms with Crippen LogP contribution in [-0.4, -0.2) is 34.6 Å². The molecule has 0 radical (unpaired) electrons. The third-order valence-electron chi connectivity index (χ3n) is 0.584. The molecule has 1 N–H and O–H groups in total. The molecule has 0 saturated carbocycles. The zero-order valence-corrected chi connectivity index (χ0v) is 8.06. The molecule has 0 aliphatic rings. The van der Waals surface area contributed by atoms with Crippen molar-refractivity contribution in [2.75, 3.05) is 12.4 Å². The average molecular weight is 216 g/mol. The highest BCUT2D eigenvalue weighted by Crippen LogP contribution is 2.55. The molecule has 0 aliphatic heterocycles. The van der Waals surface area contributed by atoms with Gasteiger partial charge in [-0.1, -0.05) is 18.3 Å². The quantitative estimate of drug-likeness (QED) is 0.556. The predicted octanol–water partition coefficient (Wildman–Crippen LogP) is 0.809. The summed E-state index contributed by atoms with van der Waals surface area (Å²) in [5, 5.41) is 0. The normalized spacial score (nSPS) is 15.5. The van der Waals surface area contributed by atoms with E-state index in [0.717, 1.165) is 5.75 Å².